The molecule has 0 aliphatic carbocycles. The van der Waals surface area contributed by atoms with Crippen molar-refractivity contribution < 1.29 is 22.3 Å². The zero-order valence-electron chi connectivity index (χ0n) is 15.2. The van der Waals surface area contributed by atoms with E-state index in [1.54, 1.807) is 30.3 Å². The van der Waals surface area contributed by atoms with Gasteiger partial charge in [0.05, 0.1) is 10.6 Å². The van der Waals surface area contributed by atoms with Crippen LogP contribution in [0.15, 0.2) is 80.6 Å². The lowest BCUT2D eigenvalue weighted by Gasteiger charge is -2.10. The maximum Gasteiger partial charge on any atom is 0.262 e. The minimum absolute atomic E-state index is 0.0345. The van der Waals surface area contributed by atoms with E-state index in [-0.39, 0.29) is 17.2 Å². The van der Waals surface area contributed by atoms with E-state index in [4.69, 9.17) is 4.74 Å². The summed E-state index contributed by atoms with van der Waals surface area (Å²) in [5.74, 6) is -0.834. The number of hydrogen-bond acceptors (Lipinski definition) is 4. The summed E-state index contributed by atoms with van der Waals surface area (Å²) >= 11 is 6.43. The van der Waals surface area contributed by atoms with Gasteiger partial charge in [0, 0.05) is 14.6 Å². The molecule has 0 unspecified atom stereocenters. The largest absolute Gasteiger partial charge is 0.484 e. The van der Waals surface area contributed by atoms with E-state index in [9.17, 15) is 17.6 Å². The Bertz CT molecular complexity index is 1150. The molecule has 0 bridgehead atoms. The summed E-state index contributed by atoms with van der Waals surface area (Å²) < 4.78 is 47.9. The summed E-state index contributed by atoms with van der Waals surface area (Å²) in [4.78, 5) is 12.0. The molecule has 0 radical (unpaired) electrons. The first-order valence-corrected chi connectivity index (χ1v) is 11.6. The molecule has 0 aromatic heterocycles. The lowest BCUT2D eigenvalue weighted by molar-refractivity contribution is -0.118. The van der Waals surface area contributed by atoms with Gasteiger partial charge in [-0.2, -0.15) is 0 Å². The molecule has 156 valence electrons. The third-order valence-corrected chi connectivity index (χ3v) is 6.22. The van der Waals surface area contributed by atoms with Gasteiger partial charge in [-0.3, -0.25) is 9.52 Å². The first kappa shape index (κ1) is 22.3. The number of nitrogens with one attached hydrogen (secondary N) is 2. The molecule has 0 saturated carbocycles. The second kappa shape index (κ2) is 9.59. The number of halogens is 3. The topological polar surface area (TPSA) is 84.5 Å². The summed E-state index contributed by atoms with van der Waals surface area (Å²) in [6.07, 6.45) is 0. The summed E-state index contributed by atoms with van der Waals surface area (Å²) in [6, 6.07) is 16.6. The fourth-order valence-corrected chi connectivity index (χ4v) is 4.03. The predicted molar refractivity (Wildman–Crippen MR) is 120 cm³/mol. The third-order valence-electron chi connectivity index (χ3n) is 3.81. The first-order valence-electron chi connectivity index (χ1n) is 8.49. The molecule has 3 aromatic rings. The van der Waals surface area contributed by atoms with Crippen LogP contribution >= 0.6 is 31.9 Å². The molecule has 0 atom stereocenters. The molecule has 2 N–H and O–H groups in total. The number of carbonyl (C=O) groups excluding carboxylic acids is 1. The second-order valence-electron chi connectivity index (χ2n) is 6.04. The van der Waals surface area contributed by atoms with Crippen molar-refractivity contribution in [2.24, 2.45) is 0 Å². The van der Waals surface area contributed by atoms with Crippen molar-refractivity contribution in [1.29, 1.82) is 0 Å². The highest BCUT2D eigenvalue weighted by Gasteiger charge is 2.15. The molecule has 0 aliphatic heterocycles. The van der Waals surface area contributed by atoms with Crippen molar-refractivity contribution in [1.82, 2.24) is 0 Å². The summed E-state index contributed by atoms with van der Waals surface area (Å²) in [6.45, 7) is -0.362. The Morgan fingerprint density at radius 2 is 1.57 bits per heavy atom. The van der Waals surface area contributed by atoms with Gasteiger partial charge in [-0.1, -0.05) is 31.9 Å². The highest BCUT2D eigenvalue weighted by Crippen LogP contribution is 2.22. The van der Waals surface area contributed by atoms with E-state index in [0.29, 0.717) is 15.9 Å². The fourth-order valence-electron chi connectivity index (χ4n) is 2.37. The minimum Gasteiger partial charge on any atom is -0.484 e. The number of carbonyl (C=O) groups is 1. The number of benzene rings is 3. The average molecular weight is 558 g/mol. The third kappa shape index (κ3) is 6.04. The number of rotatable bonds is 7. The van der Waals surface area contributed by atoms with Gasteiger partial charge in [-0.25, -0.2) is 12.8 Å². The van der Waals surface area contributed by atoms with Crippen LogP contribution in [0.4, 0.5) is 15.8 Å². The Kier molecular flexibility index (Phi) is 7.11. The van der Waals surface area contributed by atoms with Crippen molar-refractivity contribution in [2.75, 3.05) is 16.6 Å². The molecule has 6 nitrogen and oxygen atoms in total. The maximum absolute atomic E-state index is 13.8. The number of ether oxygens (including phenoxy) is 1. The molecular weight excluding hydrogens is 543 g/mol. The Balaban J connectivity index is 1.58. The summed E-state index contributed by atoms with van der Waals surface area (Å²) in [5.41, 5.74) is 0.461. The molecule has 1 amide bonds. The molecule has 0 spiro atoms. The van der Waals surface area contributed by atoms with Gasteiger partial charge in [0.2, 0.25) is 0 Å². The van der Waals surface area contributed by atoms with Crippen LogP contribution in [0, 0.1) is 5.82 Å². The number of amides is 1. The quantitative estimate of drug-likeness (QED) is 0.420. The minimum atomic E-state index is -3.77. The van der Waals surface area contributed by atoms with E-state index in [2.05, 4.69) is 41.9 Å². The van der Waals surface area contributed by atoms with Crippen molar-refractivity contribution >= 4 is 59.2 Å². The van der Waals surface area contributed by atoms with Gasteiger partial charge < -0.3 is 10.1 Å². The van der Waals surface area contributed by atoms with Gasteiger partial charge in [0.15, 0.2) is 6.61 Å². The average Bonchev–Trinajstić information content (AvgIpc) is 2.70. The number of sulfonamides is 1. The summed E-state index contributed by atoms with van der Waals surface area (Å²) in [5, 5.41) is 2.41. The van der Waals surface area contributed by atoms with Crippen molar-refractivity contribution in [3.05, 3.63) is 81.5 Å². The van der Waals surface area contributed by atoms with E-state index in [1.807, 2.05) is 0 Å². The molecule has 30 heavy (non-hydrogen) atoms. The van der Waals surface area contributed by atoms with Gasteiger partial charge in [-0.05, 0) is 66.7 Å². The lowest BCUT2D eigenvalue weighted by Crippen LogP contribution is -2.20. The van der Waals surface area contributed by atoms with Crippen molar-refractivity contribution in [2.45, 2.75) is 4.90 Å². The SMILES string of the molecule is O=C(COc1ccc(S(=O)(=O)Nc2ccc(Br)cc2)cc1)Nc1ccc(Br)cc1F. The van der Waals surface area contributed by atoms with Crippen LogP contribution in [0.1, 0.15) is 0 Å². The van der Waals surface area contributed by atoms with Crippen molar-refractivity contribution in [3.63, 3.8) is 0 Å². The maximum atomic E-state index is 13.8. The van der Waals surface area contributed by atoms with E-state index in [0.717, 1.165) is 4.47 Å². The van der Waals surface area contributed by atoms with E-state index < -0.39 is 21.7 Å². The molecular formula is C20H15Br2FN2O4S. The molecule has 10 heteroatoms. The zero-order chi connectivity index (χ0) is 21.7. The highest BCUT2D eigenvalue weighted by atomic mass is 79.9. The highest BCUT2D eigenvalue weighted by molar-refractivity contribution is 9.10. The normalized spacial score (nSPS) is 11.0. The molecule has 0 aliphatic rings. The van der Waals surface area contributed by atoms with Crippen molar-refractivity contribution in [3.8, 4) is 5.75 Å². The summed E-state index contributed by atoms with van der Waals surface area (Å²) in [7, 11) is -3.77. The number of anilines is 2. The standard InChI is InChI=1S/C20H15Br2FN2O4S/c21-13-1-4-15(5-2-13)25-30(27,28)17-8-6-16(7-9-17)29-12-20(26)24-19-10-3-14(22)11-18(19)23/h1-11,25H,12H2,(H,24,26). The van der Waals surface area contributed by atoms with Gasteiger partial charge in [-0.15, -0.1) is 0 Å². The Morgan fingerprint density at radius 1 is 0.933 bits per heavy atom. The Hall–Kier alpha value is -2.43. The monoisotopic (exact) mass is 556 g/mol. The molecule has 3 rings (SSSR count). The predicted octanol–water partition coefficient (Wildman–Crippen LogP) is 5.17. The van der Waals surface area contributed by atoms with E-state index >= 15 is 0 Å². The van der Waals surface area contributed by atoms with Crippen LogP contribution in [0.25, 0.3) is 0 Å². The zero-order valence-corrected chi connectivity index (χ0v) is 19.2. The first-order chi connectivity index (χ1) is 14.2. The molecule has 3 aromatic carbocycles. The fraction of sp³-hybridized carbons (Fsp3) is 0.0500. The molecule has 0 saturated heterocycles. The number of hydrogen-bond donors (Lipinski definition) is 2. The second-order valence-corrected chi connectivity index (χ2v) is 9.56. The van der Waals surface area contributed by atoms with Gasteiger partial charge in [0.25, 0.3) is 15.9 Å². The Labute approximate surface area is 189 Å². The van der Waals surface area contributed by atoms with Crippen LogP contribution < -0.4 is 14.8 Å². The van der Waals surface area contributed by atoms with Crippen LogP contribution in [0.2, 0.25) is 0 Å². The van der Waals surface area contributed by atoms with Crippen LogP contribution in [-0.4, -0.2) is 20.9 Å². The van der Waals surface area contributed by atoms with Crippen LogP contribution in [-0.2, 0) is 14.8 Å². The molecule has 0 fully saturated rings. The Morgan fingerprint density at radius 3 is 2.20 bits per heavy atom. The van der Waals surface area contributed by atoms with Gasteiger partial charge >= 0.3 is 0 Å². The lowest BCUT2D eigenvalue weighted by atomic mass is 10.3. The smallest absolute Gasteiger partial charge is 0.262 e. The van der Waals surface area contributed by atoms with Gasteiger partial charge in [0.1, 0.15) is 11.6 Å². The molecule has 0 heterocycles. The van der Waals surface area contributed by atoms with Crippen LogP contribution in [0.3, 0.4) is 0 Å². The van der Waals surface area contributed by atoms with Crippen LogP contribution in [0.5, 0.6) is 5.75 Å². The van der Waals surface area contributed by atoms with E-state index in [1.165, 1.54) is 36.4 Å².